The largest absolute Gasteiger partial charge is 0.480 e. The van der Waals surface area contributed by atoms with Crippen LogP contribution in [0.5, 0.6) is 0 Å². The average Bonchev–Trinajstić information content (AvgIpc) is 2.83. The number of carbonyl (C=O) groups is 2. The summed E-state index contributed by atoms with van der Waals surface area (Å²) in [6.07, 6.45) is 13.8. The summed E-state index contributed by atoms with van der Waals surface area (Å²) in [5.41, 5.74) is -0.249. The lowest BCUT2D eigenvalue weighted by molar-refractivity contribution is -0.384. The molecule has 3 rings (SSSR count). The number of carboxylic acid groups (broad SMARTS) is 1. The molecule has 2 aliphatic carbocycles. The number of ether oxygens (including phenoxy) is 1. The Kier molecular flexibility index (Phi) is 11.6. The molecule has 0 saturated heterocycles. The summed E-state index contributed by atoms with van der Waals surface area (Å²) in [5.74, 6) is -1.18. The Hall–Kier alpha value is -2.68. The van der Waals surface area contributed by atoms with Crippen molar-refractivity contribution in [3.8, 4) is 0 Å². The van der Waals surface area contributed by atoms with Crippen LogP contribution in [0, 0.1) is 10.1 Å². The lowest BCUT2D eigenvalue weighted by Gasteiger charge is -2.30. The maximum Gasteiger partial charge on any atom is 0.410 e. The third-order valence-corrected chi connectivity index (χ3v) is 6.69. The van der Waals surface area contributed by atoms with Crippen molar-refractivity contribution >= 4 is 17.7 Å². The molecule has 202 valence electrons. The highest BCUT2D eigenvalue weighted by molar-refractivity contribution is 5.80. The van der Waals surface area contributed by atoms with E-state index < -0.39 is 28.6 Å². The van der Waals surface area contributed by atoms with Gasteiger partial charge in [-0.3, -0.25) is 15.0 Å². The molecular formula is C27H43N3O6. The maximum atomic E-state index is 12.0. The van der Waals surface area contributed by atoms with E-state index in [0.29, 0.717) is 5.56 Å². The minimum atomic E-state index is -1.18. The quantitative estimate of drug-likeness (QED) is 0.360. The van der Waals surface area contributed by atoms with Crippen molar-refractivity contribution < 1.29 is 24.4 Å². The molecule has 2 aliphatic rings. The van der Waals surface area contributed by atoms with Gasteiger partial charge in [0.15, 0.2) is 0 Å². The van der Waals surface area contributed by atoms with E-state index in [9.17, 15) is 24.8 Å². The summed E-state index contributed by atoms with van der Waals surface area (Å²) in [7, 11) is 1.35. The molecule has 0 radical (unpaired) electrons. The second kappa shape index (κ2) is 14.2. The van der Waals surface area contributed by atoms with Crippen molar-refractivity contribution in [2.45, 2.75) is 115 Å². The Morgan fingerprint density at radius 2 is 1.50 bits per heavy atom. The van der Waals surface area contributed by atoms with Gasteiger partial charge in [-0.25, -0.2) is 9.59 Å². The fraction of sp³-hybridized carbons (Fsp3) is 0.704. The van der Waals surface area contributed by atoms with Gasteiger partial charge in [0, 0.05) is 37.7 Å². The zero-order valence-corrected chi connectivity index (χ0v) is 22.2. The van der Waals surface area contributed by atoms with Crippen molar-refractivity contribution in [3.63, 3.8) is 0 Å². The molecule has 2 saturated carbocycles. The molecule has 2 fully saturated rings. The topological polar surface area (TPSA) is 122 Å². The van der Waals surface area contributed by atoms with Crippen molar-refractivity contribution in [1.82, 2.24) is 10.2 Å². The molecule has 9 nitrogen and oxygen atoms in total. The van der Waals surface area contributed by atoms with Crippen LogP contribution in [0.4, 0.5) is 10.5 Å². The summed E-state index contributed by atoms with van der Waals surface area (Å²) in [6.45, 7) is 5.06. The number of nitro groups is 1. The van der Waals surface area contributed by atoms with E-state index in [2.05, 4.69) is 5.32 Å². The van der Waals surface area contributed by atoms with Crippen LogP contribution in [0.3, 0.4) is 0 Å². The molecule has 0 heterocycles. The van der Waals surface area contributed by atoms with Crippen molar-refractivity contribution in [1.29, 1.82) is 0 Å². The lowest BCUT2D eigenvalue weighted by atomic mass is 9.91. The fourth-order valence-electron chi connectivity index (χ4n) is 4.70. The molecule has 2 N–H and O–H groups in total. The first kappa shape index (κ1) is 29.5. The number of nitro benzene ring substituents is 1. The first-order chi connectivity index (χ1) is 17.0. The van der Waals surface area contributed by atoms with Crippen LogP contribution in [0.15, 0.2) is 24.3 Å². The van der Waals surface area contributed by atoms with Gasteiger partial charge in [0.25, 0.3) is 5.69 Å². The van der Waals surface area contributed by atoms with Crippen molar-refractivity contribution in [2.75, 3.05) is 7.05 Å². The van der Waals surface area contributed by atoms with Crippen LogP contribution >= 0.6 is 0 Å². The highest BCUT2D eigenvalue weighted by Gasteiger charge is 2.30. The number of non-ortho nitro benzene ring substituents is 1. The Balaban J connectivity index is 0.000000293. The van der Waals surface area contributed by atoms with Crippen LogP contribution in [0.2, 0.25) is 0 Å². The predicted molar refractivity (Wildman–Crippen MR) is 139 cm³/mol. The van der Waals surface area contributed by atoms with E-state index in [1.807, 2.05) is 0 Å². The van der Waals surface area contributed by atoms with Gasteiger partial charge in [-0.05, 0) is 52.0 Å². The van der Waals surface area contributed by atoms with Crippen LogP contribution < -0.4 is 5.32 Å². The fourth-order valence-corrected chi connectivity index (χ4v) is 4.70. The standard InChI is InChI=1S/C15H20N2O6.C12H23N/c1-15(2,3)23-14(20)16(4)12(13(18)19)9-10-5-7-11(8-6-10)17(21)22;1-3-7-11(8-4-1)13-12-9-5-2-6-10-12/h5-8,12H,9H2,1-4H3,(H,18,19);11-13H,1-10H2/t12-;/m0./s1. The van der Waals surface area contributed by atoms with Crippen LogP contribution in [0.25, 0.3) is 0 Å². The van der Waals surface area contributed by atoms with Gasteiger partial charge in [-0.2, -0.15) is 0 Å². The molecule has 36 heavy (non-hydrogen) atoms. The molecule has 0 spiro atoms. The number of aliphatic carboxylic acids is 1. The Morgan fingerprint density at radius 1 is 1.03 bits per heavy atom. The number of nitrogens with one attached hydrogen (secondary N) is 1. The molecule has 1 amide bonds. The van der Waals surface area contributed by atoms with Gasteiger partial charge in [0.2, 0.25) is 0 Å². The minimum Gasteiger partial charge on any atom is -0.480 e. The van der Waals surface area contributed by atoms with Crippen LogP contribution in [0.1, 0.15) is 90.5 Å². The lowest BCUT2D eigenvalue weighted by Crippen LogP contribution is -2.46. The first-order valence-electron chi connectivity index (χ1n) is 13.1. The van der Waals surface area contributed by atoms with E-state index >= 15 is 0 Å². The molecule has 1 aromatic carbocycles. The second-order valence-corrected chi connectivity index (χ2v) is 10.9. The summed E-state index contributed by atoms with van der Waals surface area (Å²) < 4.78 is 5.15. The zero-order chi connectivity index (χ0) is 26.7. The summed E-state index contributed by atoms with van der Waals surface area (Å²) >= 11 is 0. The van der Waals surface area contributed by atoms with Gasteiger partial charge in [-0.1, -0.05) is 50.7 Å². The Labute approximate surface area is 214 Å². The van der Waals surface area contributed by atoms with Gasteiger partial charge in [-0.15, -0.1) is 0 Å². The van der Waals surface area contributed by atoms with Crippen molar-refractivity contribution in [2.24, 2.45) is 0 Å². The van der Waals surface area contributed by atoms with Crippen LogP contribution in [-0.2, 0) is 16.0 Å². The van der Waals surface area contributed by atoms with Gasteiger partial charge in [0.05, 0.1) is 4.92 Å². The SMILES string of the molecule is C1CCC(NC2CCCCC2)CC1.CN(C(=O)OC(C)(C)C)[C@@H](Cc1ccc([N+](=O)[O-])cc1)C(=O)O. The molecule has 0 bridgehead atoms. The first-order valence-corrected chi connectivity index (χ1v) is 13.1. The molecule has 0 unspecified atom stereocenters. The molecular weight excluding hydrogens is 462 g/mol. The number of hydrogen-bond acceptors (Lipinski definition) is 6. The Bertz CT molecular complexity index is 824. The smallest absolute Gasteiger partial charge is 0.410 e. The van der Waals surface area contributed by atoms with E-state index in [4.69, 9.17) is 4.74 Å². The molecule has 0 aromatic heterocycles. The third-order valence-electron chi connectivity index (χ3n) is 6.69. The van der Waals surface area contributed by atoms with E-state index in [0.717, 1.165) is 17.0 Å². The van der Waals surface area contributed by atoms with Crippen molar-refractivity contribution in [3.05, 3.63) is 39.9 Å². The highest BCUT2D eigenvalue weighted by atomic mass is 16.6. The molecule has 0 aliphatic heterocycles. The molecule has 1 aromatic rings. The second-order valence-electron chi connectivity index (χ2n) is 10.9. The van der Waals surface area contributed by atoms with Gasteiger partial charge in [0.1, 0.15) is 11.6 Å². The van der Waals surface area contributed by atoms with E-state index in [1.165, 1.54) is 95.5 Å². The normalized spacial score (nSPS) is 17.9. The number of hydrogen-bond donors (Lipinski definition) is 2. The Morgan fingerprint density at radius 3 is 1.89 bits per heavy atom. The number of likely N-dealkylation sites (N-methyl/N-ethyl adjacent to an activating group) is 1. The average molecular weight is 506 g/mol. The number of carboxylic acids is 1. The van der Waals surface area contributed by atoms with E-state index in [-0.39, 0.29) is 12.1 Å². The predicted octanol–water partition coefficient (Wildman–Crippen LogP) is 5.70. The number of carbonyl (C=O) groups excluding carboxylic acids is 1. The third kappa shape index (κ3) is 10.5. The summed E-state index contributed by atoms with van der Waals surface area (Å²) in [4.78, 5) is 34.5. The molecule has 1 atom stereocenters. The minimum absolute atomic E-state index is 0.0169. The van der Waals surface area contributed by atoms with E-state index in [1.54, 1.807) is 20.8 Å². The molecule has 9 heteroatoms. The number of nitrogens with zero attached hydrogens (tertiary/aromatic N) is 2. The van der Waals surface area contributed by atoms with Gasteiger partial charge >= 0.3 is 12.1 Å². The van der Waals surface area contributed by atoms with Crippen LogP contribution in [-0.4, -0.2) is 57.8 Å². The highest BCUT2D eigenvalue weighted by Crippen LogP contribution is 2.22. The number of benzene rings is 1. The zero-order valence-electron chi connectivity index (χ0n) is 22.2. The summed E-state index contributed by atoms with van der Waals surface area (Å²) in [6, 6.07) is 6.14. The number of amides is 1. The maximum absolute atomic E-state index is 12.0. The van der Waals surface area contributed by atoms with Gasteiger partial charge < -0.3 is 15.2 Å². The number of rotatable bonds is 7. The monoisotopic (exact) mass is 505 g/mol. The summed E-state index contributed by atoms with van der Waals surface area (Å²) in [5, 5.41) is 23.8.